The molecule has 2 rings (SSSR count). The number of hydrogen-bond donors (Lipinski definition) is 1. The number of anilines is 1. The molecule has 6 heteroatoms. The van der Waals surface area contributed by atoms with Crippen molar-refractivity contribution < 1.29 is 4.79 Å². The molecule has 1 aromatic heterocycles. The van der Waals surface area contributed by atoms with Crippen LogP contribution in [-0.2, 0) is 0 Å². The molecule has 0 unspecified atom stereocenters. The smallest absolute Gasteiger partial charge is 0.322 e. The van der Waals surface area contributed by atoms with Crippen molar-refractivity contribution in [3.05, 3.63) is 6.20 Å². The van der Waals surface area contributed by atoms with Crippen molar-refractivity contribution in [1.29, 1.82) is 0 Å². The largest absolute Gasteiger partial charge is 0.324 e. The number of nitrogens with one attached hydrogen (secondary N) is 1. The SMILES string of the molecule is CC1(C)CCN(C(=O)Nc2cnns2)CC1. The third kappa shape index (κ3) is 2.69. The van der Waals surface area contributed by atoms with E-state index < -0.39 is 0 Å². The van der Waals surface area contributed by atoms with E-state index in [4.69, 9.17) is 0 Å². The summed E-state index contributed by atoms with van der Waals surface area (Å²) in [4.78, 5) is 13.7. The van der Waals surface area contributed by atoms with Crippen molar-refractivity contribution in [2.24, 2.45) is 5.41 Å². The molecule has 2 heterocycles. The fourth-order valence-electron chi connectivity index (χ4n) is 1.72. The maximum absolute atomic E-state index is 11.8. The van der Waals surface area contributed by atoms with Gasteiger partial charge in [0, 0.05) is 24.6 Å². The number of piperidine rings is 1. The van der Waals surface area contributed by atoms with Crippen LogP contribution in [0.2, 0.25) is 0 Å². The molecule has 0 spiro atoms. The van der Waals surface area contributed by atoms with Crippen molar-refractivity contribution in [2.75, 3.05) is 18.4 Å². The third-order valence-corrected chi connectivity index (χ3v) is 3.58. The predicted molar refractivity (Wildman–Crippen MR) is 63.5 cm³/mol. The second-order valence-electron chi connectivity index (χ2n) is 4.86. The fourth-order valence-corrected chi connectivity index (χ4v) is 2.13. The Morgan fingerprint density at radius 1 is 1.50 bits per heavy atom. The molecule has 0 bridgehead atoms. The quantitative estimate of drug-likeness (QED) is 0.818. The Bertz CT molecular complexity index is 353. The number of urea groups is 1. The molecular weight excluding hydrogens is 224 g/mol. The highest BCUT2D eigenvalue weighted by molar-refractivity contribution is 7.10. The fraction of sp³-hybridized carbons (Fsp3) is 0.700. The van der Waals surface area contributed by atoms with Gasteiger partial charge >= 0.3 is 6.03 Å². The molecule has 0 atom stereocenters. The molecule has 1 saturated heterocycles. The average Bonchev–Trinajstić information content (AvgIpc) is 2.70. The number of carbonyl (C=O) groups is 1. The summed E-state index contributed by atoms with van der Waals surface area (Å²) in [5.74, 6) is 0. The summed E-state index contributed by atoms with van der Waals surface area (Å²) < 4.78 is 3.70. The predicted octanol–water partition coefficient (Wildman–Crippen LogP) is 2.19. The lowest BCUT2D eigenvalue weighted by molar-refractivity contribution is 0.149. The highest BCUT2D eigenvalue weighted by Crippen LogP contribution is 2.29. The standard InChI is InChI=1S/C10H16N4OS/c1-10(2)3-5-14(6-4-10)9(15)12-8-7-11-13-16-8/h7H,3-6H2,1-2H3,(H,12,15). The lowest BCUT2D eigenvalue weighted by Gasteiger charge is -2.36. The van der Waals surface area contributed by atoms with E-state index in [0.717, 1.165) is 25.9 Å². The first kappa shape index (κ1) is 11.3. The van der Waals surface area contributed by atoms with E-state index in [1.807, 2.05) is 4.90 Å². The van der Waals surface area contributed by atoms with Gasteiger partial charge in [0.1, 0.15) is 5.00 Å². The Morgan fingerprint density at radius 2 is 2.19 bits per heavy atom. The molecule has 0 radical (unpaired) electrons. The van der Waals surface area contributed by atoms with Gasteiger partial charge in [-0.25, -0.2) is 4.79 Å². The van der Waals surface area contributed by atoms with Crippen LogP contribution >= 0.6 is 11.5 Å². The minimum absolute atomic E-state index is 0.0402. The van der Waals surface area contributed by atoms with Crippen molar-refractivity contribution in [2.45, 2.75) is 26.7 Å². The van der Waals surface area contributed by atoms with Gasteiger partial charge in [-0.3, -0.25) is 5.32 Å². The number of amides is 2. The van der Waals surface area contributed by atoms with Gasteiger partial charge in [0.2, 0.25) is 0 Å². The summed E-state index contributed by atoms with van der Waals surface area (Å²) in [7, 11) is 0. The third-order valence-electron chi connectivity index (χ3n) is 3.00. The molecular formula is C10H16N4OS. The van der Waals surface area contributed by atoms with E-state index in [-0.39, 0.29) is 6.03 Å². The van der Waals surface area contributed by atoms with Crippen molar-refractivity contribution in [3.63, 3.8) is 0 Å². The summed E-state index contributed by atoms with van der Waals surface area (Å²) in [6, 6.07) is -0.0402. The van der Waals surface area contributed by atoms with Crippen LogP contribution in [0.3, 0.4) is 0 Å². The van der Waals surface area contributed by atoms with Crippen LogP contribution in [0.15, 0.2) is 6.20 Å². The minimum atomic E-state index is -0.0402. The van der Waals surface area contributed by atoms with Crippen LogP contribution in [-0.4, -0.2) is 33.6 Å². The molecule has 0 saturated carbocycles. The van der Waals surface area contributed by atoms with Crippen molar-refractivity contribution >= 4 is 22.6 Å². The van der Waals surface area contributed by atoms with Gasteiger partial charge < -0.3 is 4.90 Å². The summed E-state index contributed by atoms with van der Waals surface area (Å²) in [6.45, 7) is 6.14. The van der Waals surface area contributed by atoms with Gasteiger partial charge in [0.15, 0.2) is 0 Å². The number of nitrogens with zero attached hydrogens (tertiary/aromatic N) is 3. The Balaban J connectivity index is 1.87. The molecule has 1 N–H and O–H groups in total. The molecule has 1 fully saturated rings. The molecule has 88 valence electrons. The molecule has 2 amide bonds. The molecule has 1 aromatic rings. The molecule has 0 aliphatic carbocycles. The maximum Gasteiger partial charge on any atom is 0.322 e. The maximum atomic E-state index is 11.8. The van der Waals surface area contributed by atoms with Crippen LogP contribution in [0.5, 0.6) is 0 Å². The van der Waals surface area contributed by atoms with Crippen molar-refractivity contribution in [1.82, 2.24) is 14.5 Å². The molecule has 16 heavy (non-hydrogen) atoms. The lowest BCUT2D eigenvalue weighted by Crippen LogP contribution is -2.43. The summed E-state index contributed by atoms with van der Waals surface area (Å²) >= 11 is 1.20. The number of rotatable bonds is 1. The number of aromatic nitrogens is 2. The van der Waals surface area contributed by atoms with Crippen LogP contribution in [0.25, 0.3) is 0 Å². The van der Waals surface area contributed by atoms with Gasteiger partial charge in [0.25, 0.3) is 0 Å². The zero-order chi connectivity index (χ0) is 11.6. The van der Waals surface area contributed by atoms with Gasteiger partial charge in [-0.05, 0) is 18.3 Å². The lowest BCUT2D eigenvalue weighted by atomic mass is 9.83. The highest BCUT2D eigenvalue weighted by Gasteiger charge is 2.27. The minimum Gasteiger partial charge on any atom is -0.324 e. The topological polar surface area (TPSA) is 58.1 Å². The van der Waals surface area contributed by atoms with Gasteiger partial charge in [-0.1, -0.05) is 18.3 Å². The van der Waals surface area contributed by atoms with E-state index in [0.29, 0.717) is 10.4 Å². The first-order valence-electron chi connectivity index (χ1n) is 5.40. The van der Waals surface area contributed by atoms with Gasteiger partial charge in [0.05, 0.1) is 6.20 Å². The molecule has 5 nitrogen and oxygen atoms in total. The van der Waals surface area contributed by atoms with Crippen LogP contribution in [0.4, 0.5) is 9.80 Å². The van der Waals surface area contributed by atoms with Gasteiger partial charge in [-0.15, -0.1) is 5.10 Å². The highest BCUT2D eigenvalue weighted by atomic mass is 32.1. The first-order valence-corrected chi connectivity index (χ1v) is 6.17. The van der Waals surface area contributed by atoms with Crippen LogP contribution in [0, 0.1) is 5.41 Å². The van der Waals surface area contributed by atoms with E-state index in [1.54, 1.807) is 6.20 Å². The number of likely N-dealkylation sites (tertiary alicyclic amines) is 1. The molecule has 1 aliphatic heterocycles. The monoisotopic (exact) mass is 240 g/mol. The number of carbonyl (C=O) groups excluding carboxylic acids is 1. The van der Waals surface area contributed by atoms with E-state index in [1.165, 1.54) is 11.5 Å². The summed E-state index contributed by atoms with van der Waals surface area (Å²) in [5, 5.41) is 7.18. The first-order chi connectivity index (χ1) is 7.57. The second kappa shape index (κ2) is 4.37. The Kier molecular flexibility index (Phi) is 3.09. The Hall–Kier alpha value is -1.17. The Morgan fingerprint density at radius 3 is 2.75 bits per heavy atom. The van der Waals surface area contributed by atoms with E-state index in [9.17, 15) is 4.79 Å². The summed E-state index contributed by atoms with van der Waals surface area (Å²) in [5.41, 5.74) is 0.364. The average molecular weight is 240 g/mol. The Labute approximate surface area is 99.0 Å². The van der Waals surface area contributed by atoms with Crippen LogP contribution < -0.4 is 5.32 Å². The van der Waals surface area contributed by atoms with Crippen LogP contribution in [0.1, 0.15) is 26.7 Å². The second-order valence-corrected chi connectivity index (χ2v) is 5.65. The molecule has 1 aliphatic rings. The van der Waals surface area contributed by atoms with E-state index >= 15 is 0 Å². The summed E-state index contributed by atoms with van der Waals surface area (Å²) in [6.07, 6.45) is 3.68. The molecule has 0 aromatic carbocycles. The normalized spacial score (nSPS) is 19.5. The zero-order valence-corrected chi connectivity index (χ0v) is 10.4. The zero-order valence-electron chi connectivity index (χ0n) is 9.56. The van der Waals surface area contributed by atoms with Crippen molar-refractivity contribution in [3.8, 4) is 0 Å². The number of hydrogen-bond acceptors (Lipinski definition) is 4. The van der Waals surface area contributed by atoms with Gasteiger partial charge in [-0.2, -0.15) is 0 Å². The van der Waals surface area contributed by atoms with E-state index in [2.05, 4.69) is 28.8 Å².